The molecule has 0 amide bonds. The van der Waals surface area contributed by atoms with E-state index in [1.807, 2.05) is 12.1 Å². The zero-order valence-corrected chi connectivity index (χ0v) is 12.8. The number of non-ortho nitro benzene ring substituents is 1. The molecule has 1 aromatic carbocycles. The van der Waals surface area contributed by atoms with Crippen molar-refractivity contribution in [2.75, 3.05) is 19.6 Å². The van der Waals surface area contributed by atoms with E-state index >= 15 is 0 Å². The van der Waals surface area contributed by atoms with Gasteiger partial charge >= 0.3 is 0 Å². The van der Waals surface area contributed by atoms with Crippen molar-refractivity contribution >= 4 is 5.69 Å². The van der Waals surface area contributed by atoms with Gasteiger partial charge in [-0.25, -0.2) is 0 Å². The molecule has 0 saturated heterocycles. The summed E-state index contributed by atoms with van der Waals surface area (Å²) in [7, 11) is 0. The molecule has 0 aromatic heterocycles. The maximum Gasteiger partial charge on any atom is 0.269 e. The number of nitro groups is 1. The minimum absolute atomic E-state index is 0.0606. The van der Waals surface area contributed by atoms with Gasteiger partial charge in [-0.2, -0.15) is 0 Å². The molecule has 112 valence electrons. The van der Waals surface area contributed by atoms with Crippen LogP contribution in [0.3, 0.4) is 0 Å². The molecule has 2 N–H and O–H groups in total. The summed E-state index contributed by atoms with van der Waals surface area (Å²) in [6.45, 7) is 11.0. The van der Waals surface area contributed by atoms with Crippen LogP contribution in [0.1, 0.15) is 39.3 Å². The molecule has 0 saturated carbocycles. The SMILES string of the molecule is CCN(CC(C)(C)CN)C(C)c1ccc([N+](=O)[O-])cc1. The van der Waals surface area contributed by atoms with Crippen molar-refractivity contribution in [2.24, 2.45) is 11.1 Å². The van der Waals surface area contributed by atoms with Crippen molar-refractivity contribution in [1.29, 1.82) is 0 Å². The lowest BCUT2D eigenvalue weighted by atomic mass is 9.92. The van der Waals surface area contributed by atoms with Gasteiger partial charge in [-0.15, -0.1) is 0 Å². The fourth-order valence-electron chi connectivity index (χ4n) is 2.22. The summed E-state index contributed by atoms with van der Waals surface area (Å²) >= 11 is 0. The van der Waals surface area contributed by atoms with Crippen LogP contribution in [0.2, 0.25) is 0 Å². The number of rotatable bonds is 7. The molecule has 0 bridgehead atoms. The predicted molar refractivity (Wildman–Crippen MR) is 81.6 cm³/mol. The lowest BCUT2D eigenvalue weighted by molar-refractivity contribution is -0.384. The first kappa shape index (κ1) is 16.6. The summed E-state index contributed by atoms with van der Waals surface area (Å²) < 4.78 is 0. The molecule has 5 nitrogen and oxygen atoms in total. The largest absolute Gasteiger partial charge is 0.330 e. The molecule has 1 aromatic rings. The van der Waals surface area contributed by atoms with Crippen LogP contribution in [-0.2, 0) is 0 Å². The smallest absolute Gasteiger partial charge is 0.269 e. The summed E-state index contributed by atoms with van der Waals surface area (Å²) in [5, 5.41) is 10.7. The van der Waals surface area contributed by atoms with E-state index in [2.05, 4.69) is 32.6 Å². The molecular weight excluding hydrogens is 254 g/mol. The second-order valence-corrected chi connectivity index (χ2v) is 5.96. The molecule has 0 aliphatic heterocycles. The number of hydrogen-bond donors (Lipinski definition) is 1. The zero-order valence-electron chi connectivity index (χ0n) is 12.8. The van der Waals surface area contributed by atoms with E-state index in [1.54, 1.807) is 12.1 Å². The fraction of sp³-hybridized carbons (Fsp3) is 0.600. The molecule has 0 spiro atoms. The van der Waals surface area contributed by atoms with E-state index in [-0.39, 0.29) is 22.1 Å². The Morgan fingerprint density at radius 2 is 1.90 bits per heavy atom. The van der Waals surface area contributed by atoms with Crippen molar-refractivity contribution in [3.8, 4) is 0 Å². The lowest BCUT2D eigenvalue weighted by Gasteiger charge is -2.35. The van der Waals surface area contributed by atoms with Gasteiger partial charge in [-0.1, -0.05) is 32.9 Å². The number of benzene rings is 1. The molecule has 5 heteroatoms. The molecule has 1 atom stereocenters. The van der Waals surface area contributed by atoms with Crippen LogP contribution in [0.25, 0.3) is 0 Å². The van der Waals surface area contributed by atoms with Gasteiger partial charge in [0.2, 0.25) is 0 Å². The van der Waals surface area contributed by atoms with E-state index in [0.29, 0.717) is 6.54 Å². The Hall–Kier alpha value is -1.46. The Balaban J connectivity index is 2.85. The van der Waals surface area contributed by atoms with Crippen molar-refractivity contribution in [2.45, 2.75) is 33.7 Å². The van der Waals surface area contributed by atoms with E-state index in [9.17, 15) is 10.1 Å². The summed E-state index contributed by atoms with van der Waals surface area (Å²) in [4.78, 5) is 12.6. The Labute approximate surface area is 120 Å². The number of nitrogens with zero attached hydrogens (tertiary/aromatic N) is 2. The Kier molecular flexibility index (Phi) is 5.65. The predicted octanol–water partition coefficient (Wildman–Crippen LogP) is 2.96. The van der Waals surface area contributed by atoms with Crippen LogP contribution in [0.15, 0.2) is 24.3 Å². The minimum Gasteiger partial charge on any atom is -0.330 e. The third-order valence-electron chi connectivity index (χ3n) is 3.72. The molecule has 20 heavy (non-hydrogen) atoms. The van der Waals surface area contributed by atoms with Crippen LogP contribution < -0.4 is 5.73 Å². The van der Waals surface area contributed by atoms with Crippen LogP contribution in [-0.4, -0.2) is 29.5 Å². The second-order valence-electron chi connectivity index (χ2n) is 5.96. The van der Waals surface area contributed by atoms with Crippen molar-refractivity contribution in [1.82, 2.24) is 4.90 Å². The summed E-state index contributed by atoms with van der Waals surface area (Å²) in [6, 6.07) is 7.01. The van der Waals surface area contributed by atoms with Gasteiger partial charge in [0.15, 0.2) is 0 Å². The van der Waals surface area contributed by atoms with Gasteiger partial charge in [0.05, 0.1) is 4.92 Å². The molecule has 0 aliphatic rings. The van der Waals surface area contributed by atoms with Gasteiger partial charge in [0.25, 0.3) is 5.69 Å². The second kappa shape index (κ2) is 6.81. The highest BCUT2D eigenvalue weighted by Gasteiger charge is 2.23. The molecule has 1 rings (SSSR count). The first-order valence-electron chi connectivity index (χ1n) is 6.99. The molecule has 0 heterocycles. The highest BCUT2D eigenvalue weighted by atomic mass is 16.6. The van der Waals surface area contributed by atoms with E-state index in [1.165, 1.54) is 0 Å². The molecular formula is C15H25N3O2. The van der Waals surface area contributed by atoms with Gasteiger partial charge in [-0.05, 0) is 31.0 Å². The first-order chi connectivity index (χ1) is 9.30. The average Bonchev–Trinajstić information content (AvgIpc) is 2.44. The standard InChI is InChI=1S/C15H25N3O2/c1-5-17(11-15(3,4)10-16)12(2)13-6-8-14(9-7-13)18(19)20/h6-9,12H,5,10-11,16H2,1-4H3. The molecule has 0 aliphatic carbocycles. The topological polar surface area (TPSA) is 72.4 Å². The van der Waals surface area contributed by atoms with E-state index in [4.69, 9.17) is 5.73 Å². The van der Waals surface area contributed by atoms with E-state index < -0.39 is 0 Å². The Bertz CT molecular complexity index is 443. The Morgan fingerprint density at radius 1 is 1.35 bits per heavy atom. The van der Waals surface area contributed by atoms with Crippen molar-refractivity contribution in [3.05, 3.63) is 39.9 Å². The van der Waals surface area contributed by atoms with E-state index in [0.717, 1.165) is 18.7 Å². The summed E-state index contributed by atoms with van der Waals surface area (Å²) in [5.74, 6) is 0. The monoisotopic (exact) mass is 279 g/mol. The minimum atomic E-state index is -0.371. The number of nitrogens with two attached hydrogens (primary N) is 1. The van der Waals surface area contributed by atoms with Gasteiger partial charge < -0.3 is 5.73 Å². The van der Waals surface area contributed by atoms with Crippen molar-refractivity contribution in [3.63, 3.8) is 0 Å². The average molecular weight is 279 g/mol. The van der Waals surface area contributed by atoms with Crippen molar-refractivity contribution < 1.29 is 4.92 Å². The fourth-order valence-corrected chi connectivity index (χ4v) is 2.22. The third-order valence-corrected chi connectivity index (χ3v) is 3.72. The lowest BCUT2D eigenvalue weighted by Crippen LogP contribution is -2.39. The highest BCUT2D eigenvalue weighted by molar-refractivity contribution is 5.34. The van der Waals surface area contributed by atoms with Crippen LogP contribution in [0, 0.1) is 15.5 Å². The number of nitro benzene ring substituents is 1. The molecule has 0 fully saturated rings. The quantitative estimate of drug-likeness (QED) is 0.615. The normalized spacial score (nSPS) is 13.5. The zero-order chi connectivity index (χ0) is 15.3. The molecule has 1 unspecified atom stereocenters. The van der Waals surface area contributed by atoms with Crippen LogP contribution in [0.5, 0.6) is 0 Å². The van der Waals surface area contributed by atoms with Gasteiger partial charge in [-0.3, -0.25) is 15.0 Å². The first-order valence-corrected chi connectivity index (χ1v) is 6.99. The number of hydrogen-bond acceptors (Lipinski definition) is 4. The Morgan fingerprint density at radius 3 is 2.30 bits per heavy atom. The molecule has 0 radical (unpaired) electrons. The summed E-state index contributed by atoms with van der Waals surface area (Å²) in [6.07, 6.45) is 0. The van der Waals surface area contributed by atoms with Gasteiger partial charge in [0.1, 0.15) is 0 Å². The highest BCUT2D eigenvalue weighted by Crippen LogP contribution is 2.26. The third kappa shape index (κ3) is 4.28. The summed E-state index contributed by atoms with van der Waals surface area (Å²) in [5.41, 5.74) is 7.08. The van der Waals surface area contributed by atoms with Crippen LogP contribution >= 0.6 is 0 Å². The van der Waals surface area contributed by atoms with Crippen LogP contribution in [0.4, 0.5) is 5.69 Å². The maximum absolute atomic E-state index is 10.7. The maximum atomic E-state index is 10.7. The van der Waals surface area contributed by atoms with Gasteiger partial charge in [0, 0.05) is 24.7 Å².